The molecule has 0 unspecified atom stereocenters. The van der Waals surface area contributed by atoms with E-state index in [1.807, 2.05) is 36.4 Å². The Hall–Kier alpha value is -3.81. The second-order valence-electron chi connectivity index (χ2n) is 8.01. The van der Waals surface area contributed by atoms with Gasteiger partial charge in [-0.3, -0.25) is 9.78 Å². The largest absolute Gasteiger partial charge is 0.365 e. The molecule has 0 saturated heterocycles. The summed E-state index contributed by atoms with van der Waals surface area (Å²) in [6, 6.07) is 14.8. The third-order valence-electron chi connectivity index (χ3n) is 4.53. The van der Waals surface area contributed by atoms with Crippen LogP contribution in [0.4, 0.5) is 11.5 Å². The molecule has 3 aromatic heterocycles. The average molecular weight is 401 g/mol. The molecule has 3 heterocycles. The number of carbonyl (C=O) groups is 1. The molecule has 0 atom stereocenters. The summed E-state index contributed by atoms with van der Waals surface area (Å²) >= 11 is 0. The van der Waals surface area contributed by atoms with Gasteiger partial charge in [-0.2, -0.15) is 4.52 Å². The van der Waals surface area contributed by atoms with Gasteiger partial charge in [-0.25, -0.2) is 0 Å². The van der Waals surface area contributed by atoms with Crippen molar-refractivity contribution in [2.75, 3.05) is 10.6 Å². The van der Waals surface area contributed by atoms with Gasteiger partial charge >= 0.3 is 0 Å². The summed E-state index contributed by atoms with van der Waals surface area (Å²) in [4.78, 5) is 16.3. The molecule has 30 heavy (non-hydrogen) atoms. The number of fused-ring (bicyclic) bond motifs is 1. The third kappa shape index (κ3) is 4.27. The summed E-state index contributed by atoms with van der Waals surface area (Å²) in [5.41, 5.74) is 2.87. The molecular weight excluding hydrogens is 378 g/mol. The molecule has 1 aromatic carbocycles. The number of nitrogens with one attached hydrogen (secondary N) is 2. The minimum atomic E-state index is -0.169. The Morgan fingerprint density at radius 2 is 1.83 bits per heavy atom. The highest BCUT2D eigenvalue weighted by atomic mass is 16.1. The number of nitrogens with zero attached hydrogens (tertiary/aromatic N) is 5. The number of amides is 1. The maximum Gasteiger partial charge on any atom is 0.255 e. The van der Waals surface area contributed by atoms with Crippen LogP contribution in [-0.4, -0.2) is 30.7 Å². The molecule has 0 spiro atoms. The van der Waals surface area contributed by atoms with Gasteiger partial charge in [-0.15, -0.1) is 15.3 Å². The van der Waals surface area contributed by atoms with Gasteiger partial charge in [0.15, 0.2) is 11.5 Å². The Balaban J connectivity index is 1.46. The van der Waals surface area contributed by atoms with Gasteiger partial charge in [0.2, 0.25) is 0 Å². The first kappa shape index (κ1) is 19.5. The van der Waals surface area contributed by atoms with Crippen molar-refractivity contribution in [3.63, 3.8) is 0 Å². The zero-order valence-corrected chi connectivity index (χ0v) is 17.1. The second kappa shape index (κ2) is 7.90. The fourth-order valence-electron chi connectivity index (χ4n) is 3.01. The highest BCUT2D eigenvalue weighted by Gasteiger charge is 2.21. The fourth-order valence-corrected chi connectivity index (χ4v) is 3.01. The van der Waals surface area contributed by atoms with E-state index in [0.717, 1.165) is 22.9 Å². The second-order valence-corrected chi connectivity index (χ2v) is 8.01. The van der Waals surface area contributed by atoms with Crippen molar-refractivity contribution in [3.05, 3.63) is 77.9 Å². The van der Waals surface area contributed by atoms with Crippen molar-refractivity contribution in [2.24, 2.45) is 0 Å². The summed E-state index contributed by atoms with van der Waals surface area (Å²) in [5.74, 6) is 1.36. The first-order valence-corrected chi connectivity index (χ1v) is 9.67. The summed E-state index contributed by atoms with van der Waals surface area (Å²) in [5, 5.41) is 19.3. The molecule has 152 valence electrons. The van der Waals surface area contributed by atoms with E-state index in [0.29, 0.717) is 17.8 Å². The predicted molar refractivity (Wildman–Crippen MR) is 115 cm³/mol. The van der Waals surface area contributed by atoms with Gasteiger partial charge in [0, 0.05) is 35.6 Å². The molecule has 0 aliphatic carbocycles. The maximum atomic E-state index is 12.3. The van der Waals surface area contributed by atoms with Gasteiger partial charge in [-0.1, -0.05) is 32.9 Å². The fraction of sp³-hybridized carbons (Fsp3) is 0.227. The van der Waals surface area contributed by atoms with Gasteiger partial charge in [0.25, 0.3) is 5.91 Å². The van der Waals surface area contributed by atoms with Crippen molar-refractivity contribution < 1.29 is 4.79 Å². The number of pyridine rings is 1. The van der Waals surface area contributed by atoms with E-state index in [1.54, 1.807) is 29.0 Å². The number of hydrogen-bond donors (Lipinski definition) is 2. The minimum Gasteiger partial charge on any atom is -0.365 e. The van der Waals surface area contributed by atoms with E-state index in [-0.39, 0.29) is 11.3 Å². The van der Waals surface area contributed by atoms with E-state index >= 15 is 0 Å². The molecule has 2 N–H and O–H groups in total. The smallest absolute Gasteiger partial charge is 0.255 e. The Bertz CT molecular complexity index is 1180. The molecule has 0 fully saturated rings. The average Bonchev–Trinajstić information content (AvgIpc) is 3.17. The molecule has 4 rings (SSSR count). The van der Waals surface area contributed by atoms with E-state index in [9.17, 15) is 4.79 Å². The molecule has 0 bridgehead atoms. The molecule has 0 saturated carbocycles. The highest BCUT2D eigenvalue weighted by Crippen LogP contribution is 2.21. The van der Waals surface area contributed by atoms with Gasteiger partial charge in [0.1, 0.15) is 5.82 Å². The predicted octanol–water partition coefficient (Wildman–Crippen LogP) is 3.68. The van der Waals surface area contributed by atoms with Gasteiger partial charge in [0.05, 0.1) is 0 Å². The lowest BCUT2D eigenvalue weighted by atomic mass is 9.96. The van der Waals surface area contributed by atoms with Crippen LogP contribution in [0.3, 0.4) is 0 Å². The quantitative estimate of drug-likeness (QED) is 0.529. The number of anilines is 2. The molecule has 0 aliphatic heterocycles. The summed E-state index contributed by atoms with van der Waals surface area (Å²) in [6.45, 7) is 6.80. The number of carbonyl (C=O) groups excluding carboxylic acids is 1. The van der Waals surface area contributed by atoms with Crippen LogP contribution in [0.1, 0.15) is 42.5 Å². The van der Waals surface area contributed by atoms with Crippen LogP contribution < -0.4 is 10.6 Å². The molecule has 8 nitrogen and oxygen atoms in total. The SMILES string of the molecule is CC(C)(C)c1nnc2ccc(NCc3cccc(NC(=O)c4ccncc4)c3)nn12. The monoisotopic (exact) mass is 401 g/mol. The van der Waals surface area contributed by atoms with Crippen molar-refractivity contribution in [1.29, 1.82) is 0 Å². The van der Waals surface area contributed by atoms with Crippen LogP contribution in [0.2, 0.25) is 0 Å². The molecule has 4 aromatic rings. The van der Waals surface area contributed by atoms with Crippen LogP contribution in [0.5, 0.6) is 0 Å². The molecule has 0 radical (unpaired) electrons. The van der Waals surface area contributed by atoms with Crippen LogP contribution in [0.15, 0.2) is 60.9 Å². The van der Waals surface area contributed by atoms with Gasteiger partial charge in [-0.05, 0) is 42.0 Å². The Labute approximate surface area is 174 Å². The number of hydrogen-bond acceptors (Lipinski definition) is 6. The minimum absolute atomic E-state index is 0.160. The Kier molecular flexibility index (Phi) is 5.14. The maximum absolute atomic E-state index is 12.3. The summed E-state index contributed by atoms with van der Waals surface area (Å²) in [7, 11) is 0. The van der Waals surface area contributed by atoms with E-state index in [2.05, 4.69) is 51.7 Å². The summed E-state index contributed by atoms with van der Waals surface area (Å²) in [6.07, 6.45) is 3.19. The normalized spacial score (nSPS) is 11.4. The number of benzene rings is 1. The van der Waals surface area contributed by atoms with Crippen molar-refractivity contribution in [1.82, 2.24) is 24.8 Å². The standard InChI is InChI=1S/C22H23N7O/c1-22(2,3)21-27-26-19-8-7-18(28-29(19)21)24-14-15-5-4-6-17(13-15)25-20(30)16-9-11-23-12-10-16/h4-13H,14H2,1-3H3,(H,24,28)(H,25,30). The third-order valence-corrected chi connectivity index (χ3v) is 4.53. The lowest BCUT2D eigenvalue weighted by Gasteiger charge is -2.15. The number of rotatable bonds is 5. The lowest BCUT2D eigenvalue weighted by Crippen LogP contribution is -2.17. The van der Waals surface area contributed by atoms with Crippen molar-refractivity contribution in [2.45, 2.75) is 32.7 Å². The zero-order chi connectivity index (χ0) is 21.1. The van der Waals surface area contributed by atoms with E-state index < -0.39 is 0 Å². The zero-order valence-electron chi connectivity index (χ0n) is 17.1. The summed E-state index contributed by atoms with van der Waals surface area (Å²) < 4.78 is 1.77. The van der Waals surface area contributed by atoms with E-state index in [4.69, 9.17) is 0 Å². The molecule has 0 aliphatic rings. The Morgan fingerprint density at radius 1 is 1.03 bits per heavy atom. The first-order valence-electron chi connectivity index (χ1n) is 9.67. The van der Waals surface area contributed by atoms with Crippen molar-refractivity contribution >= 4 is 23.1 Å². The van der Waals surface area contributed by atoms with Gasteiger partial charge < -0.3 is 10.6 Å². The number of aromatic nitrogens is 5. The molecular formula is C22H23N7O. The van der Waals surface area contributed by atoms with Crippen LogP contribution in [-0.2, 0) is 12.0 Å². The Morgan fingerprint density at radius 3 is 2.60 bits per heavy atom. The topological polar surface area (TPSA) is 97.1 Å². The first-order chi connectivity index (χ1) is 14.4. The van der Waals surface area contributed by atoms with Crippen LogP contribution in [0.25, 0.3) is 5.65 Å². The molecule has 8 heteroatoms. The van der Waals surface area contributed by atoms with E-state index in [1.165, 1.54) is 0 Å². The highest BCUT2D eigenvalue weighted by molar-refractivity contribution is 6.04. The van der Waals surface area contributed by atoms with Crippen molar-refractivity contribution in [3.8, 4) is 0 Å². The van der Waals surface area contributed by atoms with Crippen LogP contribution in [0, 0.1) is 0 Å². The van der Waals surface area contributed by atoms with Crippen LogP contribution >= 0.6 is 0 Å². The molecule has 1 amide bonds. The lowest BCUT2D eigenvalue weighted by molar-refractivity contribution is 0.102.